The lowest BCUT2D eigenvalue weighted by atomic mass is 10.1. The Balaban J connectivity index is 2.02. The third kappa shape index (κ3) is 1.44. The summed E-state index contributed by atoms with van der Waals surface area (Å²) in [5, 5.41) is 0. The molecule has 1 aromatic heterocycles. The van der Waals surface area contributed by atoms with E-state index in [9.17, 15) is 0 Å². The monoisotopic (exact) mass is 194 g/mol. The lowest BCUT2D eigenvalue weighted by Gasteiger charge is -1.97. The van der Waals surface area contributed by atoms with Crippen LogP contribution in [0.25, 0.3) is 0 Å². The third-order valence-electron chi connectivity index (χ3n) is 2.57. The maximum Gasteiger partial charge on any atom is 0.0848 e. The summed E-state index contributed by atoms with van der Waals surface area (Å²) in [7, 11) is 0. The molecule has 72 valence electrons. The van der Waals surface area contributed by atoms with Gasteiger partial charge in [-0.1, -0.05) is 24.3 Å². The highest BCUT2D eigenvalue weighted by atomic mass is 14.8. The van der Waals surface area contributed by atoms with Gasteiger partial charge in [-0.05, 0) is 23.8 Å². The van der Waals surface area contributed by atoms with Crippen LogP contribution in [0, 0.1) is 0 Å². The number of hydrogen-bond donors (Lipinski definition) is 0. The summed E-state index contributed by atoms with van der Waals surface area (Å²) >= 11 is 0. The largest absolute Gasteiger partial charge is 0.255 e. The smallest absolute Gasteiger partial charge is 0.0848 e. The van der Waals surface area contributed by atoms with Crippen molar-refractivity contribution in [1.82, 2.24) is 4.98 Å². The first-order chi connectivity index (χ1) is 7.43. The Morgan fingerprint density at radius 3 is 2.60 bits per heavy atom. The van der Waals surface area contributed by atoms with Gasteiger partial charge in [-0.3, -0.25) is 9.98 Å². The van der Waals surface area contributed by atoms with E-state index in [2.05, 4.69) is 22.1 Å². The molecule has 2 nitrogen and oxygen atoms in total. The van der Waals surface area contributed by atoms with Crippen LogP contribution in [0.4, 0.5) is 5.69 Å². The summed E-state index contributed by atoms with van der Waals surface area (Å²) in [5.74, 6) is 0. The normalized spacial score (nSPS) is 13.5. The number of aliphatic imine (C=N–C) groups is 1. The zero-order valence-corrected chi connectivity index (χ0v) is 8.22. The Bertz CT molecular complexity index is 515. The number of rotatable bonds is 1. The van der Waals surface area contributed by atoms with Crippen molar-refractivity contribution in [1.29, 1.82) is 0 Å². The molecule has 0 spiro atoms. The maximum atomic E-state index is 4.58. The first-order valence-corrected chi connectivity index (χ1v) is 5.00. The van der Waals surface area contributed by atoms with Crippen molar-refractivity contribution in [3.63, 3.8) is 0 Å². The molecule has 2 heterocycles. The second kappa shape index (κ2) is 3.31. The quantitative estimate of drug-likeness (QED) is 0.685. The van der Waals surface area contributed by atoms with Crippen molar-refractivity contribution < 1.29 is 0 Å². The first-order valence-electron chi connectivity index (χ1n) is 5.00. The fraction of sp³-hybridized carbons (Fsp3) is 0.0769. The Kier molecular flexibility index (Phi) is 1.85. The van der Waals surface area contributed by atoms with Crippen LogP contribution in [0.3, 0.4) is 0 Å². The van der Waals surface area contributed by atoms with E-state index < -0.39 is 0 Å². The topological polar surface area (TPSA) is 25.2 Å². The van der Waals surface area contributed by atoms with E-state index >= 15 is 0 Å². The van der Waals surface area contributed by atoms with E-state index in [1.54, 1.807) is 6.20 Å². The van der Waals surface area contributed by atoms with Gasteiger partial charge < -0.3 is 0 Å². The molecule has 0 saturated carbocycles. The molecule has 0 saturated heterocycles. The molecule has 2 heteroatoms. The van der Waals surface area contributed by atoms with Crippen LogP contribution >= 0.6 is 0 Å². The zero-order valence-electron chi connectivity index (χ0n) is 8.22. The number of aromatic nitrogens is 1. The summed E-state index contributed by atoms with van der Waals surface area (Å²) in [6.45, 7) is 0. The average Bonchev–Trinajstić information content (AvgIpc) is 2.74. The molecule has 0 fully saturated rings. The van der Waals surface area contributed by atoms with Gasteiger partial charge in [-0.15, -0.1) is 0 Å². The molecule has 15 heavy (non-hydrogen) atoms. The lowest BCUT2D eigenvalue weighted by Crippen LogP contribution is -2.02. The van der Waals surface area contributed by atoms with Crippen LogP contribution in [0.15, 0.2) is 53.7 Å². The average molecular weight is 194 g/mol. The number of para-hydroxylation sites is 1. The van der Waals surface area contributed by atoms with Crippen LogP contribution in [-0.4, -0.2) is 10.7 Å². The summed E-state index contributed by atoms with van der Waals surface area (Å²) in [4.78, 5) is 8.89. The Morgan fingerprint density at radius 1 is 0.933 bits per heavy atom. The van der Waals surface area contributed by atoms with Gasteiger partial charge in [0, 0.05) is 12.6 Å². The van der Waals surface area contributed by atoms with E-state index in [1.807, 2.05) is 30.3 Å². The number of hydrogen-bond acceptors (Lipinski definition) is 2. The summed E-state index contributed by atoms with van der Waals surface area (Å²) < 4.78 is 0. The van der Waals surface area contributed by atoms with Gasteiger partial charge in [0.15, 0.2) is 0 Å². The minimum atomic E-state index is 0.896. The SMILES string of the molecule is c1ccc(C2=Nc3ccccc3C2)nc1. The van der Waals surface area contributed by atoms with Crippen LogP contribution in [0.2, 0.25) is 0 Å². The molecule has 0 aliphatic carbocycles. The van der Waals surface area contributed by atoms with Gasteiger partial charge in [0.25, 0.3) is 0 Å². The summed E-state index contributed by atoms with van der Waals surface area (Å²) in [6, 6.07) is 14.2. The minimum Gasteiger partial charge on any atom is -0.255 e. The van der Waals surface area contributed by atoms with Crippen molar-refractivity contribution in [3.05, 3.63) is 59.9 Å². The van der Waals surface area contributed by atoms with E-state index in [0.717, 1.165) is 23.5 Å². The molecular weight excluding hydrogens is 184 g/mol. The fourth-order valence-corrected chi connectivity index (χ4v) is 1.82. The van der Waals surface area contributed by atoms with Crippen molar-refractivity contribution >= 4 is 11.4 Å². The molecule has 0 N–H and O–H groups in total. The molecule has 0 atom stereocenters. The molecule has 1 aromatic carbocycles. The molecular formula is C13H10N2. The van der Waals surface area contributed by atoms with E-state index in [0.29, 0.717) is 0 Å². The number of nitrogens with zero attached hydrogens (tertiary/aromatic N) is 2. The van der Waals surface area contributed by atoms with Gasteiger partial charge in [0.05, 0.1) is 17.1 Å². The van der Waals surface area contributed by atoms with Crippen molar-refractivity contribution in [2.24, 2.45) is 4.99 Å². The molecule has 0 amide bonds. The molecule has 0 unspecified atom stereocenters. The molecule has 1 aliphatic heterocycles. The van der Waals surface area contributed by atoms with Gasteiger partial charge in [-0.2, -0.15) is 0 Å². The van der Waals surface area contributed by atoms with Crippen LogP contribution in [0.5, 0.6) is 0 Å². The van der Waals surface area contributed by atoms with Crippen molar-refractivity contribution in [2.75, 3.05) is 0 Å². The van der Waals surface area contributed by atoms with Crippen molar-refractivity contribution in [2.45, 2.75) is 6.42 Å². The van der Waals surface area contributed by atoms with Crippen LogP contribution in [-0.2, 0) is 6.42 Å². The van der Waals surface area contributed by atoms with Crippen molar-refractivity contribution in [3.8, 4) is 0 Å². The molecule has 0 bridgehead atoms. The highest BCUT2D eigenvalue weighted by molar-refractivity contribution is 6.05. The predicted octanol–water partition coefficient (Wildman–Crippen LogP) is 2.76. The standard InChI is InChI=1S/C13H10N2/c1-2-6-11-10(5-1)9-13(15-11)12-7-3-4-8-14-12/h1-8H,9H2. The van der Waals surface area contributed by atoms with E-state index in [4.69, 9.17) is 0 Å². The minimum absolute atomic E-state index is 0.896. The van der Waals surface area contributed by atoms with E-state index in [-0.39, 0.29) is 0 Å². The molecule has 0 radical (unpaired) electrons. The van der Waals surface area contributed by atoms with Gasteiger partial charge in [0.2, 0.25) is 0 Å². The Morgan fingerprint density at radius 2 is 1.80 bits per heavy atom. The Hall–Kier alpha value is -1.96. The van der Waals surface area contributed by atoms with Gasteiger partial charge in [-0.25, -0.2) is 0 Å². The first kappa shape index (κ1) is 8.36. The zero-order chi connectivity index (χ0) is 10.1. The number of benzene rings is 1. The van der Waals surface area contributed by atoms with Crippen LogP contribution in [0.1, 0.15) is 11.3 Å². The number of pyridine rings is 1. The highest BCUT2D eigenvalue weighted by Crippen LogP contribution is 2.27. The second-order valence-electron chi connectivity index (χ2n) is 3.58. The highest BCUT2D eigenvalue weighted by Gasteiger charge is 2.15. The predicted molar refractivity (Wildman–Crippen MR) is 60.6 cm³/mol. The summed E-state index contributed by atoms with van der Waals surface area (Å²) in [5.41, 5.74) is 4.42. The second-order valence-corrected chi connectivity index (χ2v) is 3.58. The van der Waals surface area contributed by atoms with Crippen LogP contribution < -0.4 is 0 Å². The van der Waals surface area contributed by atoms with E-state index in [1.165, 1.54) is 5.56 Å². The molecule has 3 rings (SSSR count). The Labute approximate surface area is 88.3 Å². The van der Waals surface area contributed by atoms with Gasteiger partial charge >= 0.3 is 0 Å². The number of fused-ring (bicyclic) bond motifs is 1. The molecule has 1 aliphatic rings. The molecule has 2 aromatic rings. The van der Waals surface area contributed by atoms with Gasteiger partial charge in [0.1, 0.15) is 0 Å². The lowest BCUT2D eigenvalue weighted by molar-refractivity contribution is 1.26. The fourth-order valence-electron chi connectivity index (χ4n) is 1.82. The maximum absolute atomic E-state index is 4.58. The summed E-state index contributed by atoms with van der Waals surface area (Å²) in [6.07, 6.45) is 2.70. The third-order valence-corrected chi connectivity index (χ3v) is 2.57.